The smallest absolute Gasteiger partial charge is 0.0227 e. The van der Waals surface area contributed by atoms with Gasteiger partial charge in [-0.3, -0.25) is 4.99 Å². The number of rotatable bonds is 0. The van der Waals surface area contributed by atoms with Crippen LogP contribution in [0.1, 0.15) is 26.2 Å². The van der Waals surface area contributed by atoms with Gasteiger partial charge >= 0.3 is 0 Å². The fraction of sp³-hybridized carbons (Fsp3) is 0.700. The molecule has 1 aliphatic carbocycles. The van der Waals surface area contributed by atoms with Crippen molar-refractivity contribution in [1.82, 2.24) is 0 Å². The molecule has 11 heavy (non-hydrogen) atoms. The highest BCUT2D eigenvalue weighted by Crippen LogP contribution is 2.35. The zero-order valence-electron chi connectivity index (χ0n) is 7.03. The molecule has 0 bridgehead atoms. The molecule has 1 heteroatoms. The van der Waals surface area contributed by atoms with Crippen LogP contribution in [0.5, 0.6) is 0 Å². The Hall–Kier alpha value is -0.590. The Balaban J connectivity index is 2.14. The van der Waals surface area contributed by atoms with Gasteiger partial charge in [0.15, 0.2) is 0 Å². The highest BCUT2D eigenvalue weighted by atomic mass is 14.7. The molecule has 1 nitrogen and oxygen atoms in total. The summed E-state index contributed by atoms with van der Waals surface area (Å²) >= 11 is 0. The predicted molar refractivity (Wildman–Crippen MR) is 47.6 cm³/mol. The molecule has 0 N–H and O–H groups in total. The van der Waals surface area contributed by atoms with Gasteiger partial charge < -0.3 is 0 Å². The Bertz CT molecular complexity index is 193. The van der Waals surface area contributed by atoms with Crippen molar-refractivity contribution >= 4 is 6.21 Å². The molecule has 1 heterocycles. The van der Waals surface area contributed by atoms with Gasteiger partial charge in [-0.05, 0) is 18.3 Å². The van der Waals surface area contributed by atoms with E-state index in [1.807, 2.05) is 6.20 Å². The van der Waals surface area contributed by atoms with Gasteiger partial charge in [-0.1, -0.05) is 25.8 Å². The van der Waals surface area contributed by atoms with Crippen molar-refractivity contribution < 1.29 is 0 Å². The van der Waals surface area contributed by atoms with E-state index >= 15 is 0 Å². The third kappa shape index (κ3) is 1.24. The van der Waals surface area contributed by atoms with Crippen LogP contribution >= 0.6 is 0 Å². The van der Waals surface area contributed by atoms with Crippen molar-refractivity contribution in [3.8, 4) is 0 Å². The van der Waals surface area contributed by atoms with Crippen LogP contribution in [-0.4, -0.2) is 6.21 Å². The lowest BCUT2D eigenvalue weighted by Crippen LogP contribution is -2.27. The largest absolute Gasteiger partial charge is 0.269 e. The predicted octanol–water partition coefficient (Wildman–Crippen LogP) is 2.64. The first-order valence-electron chi connectivity index (χ1n) is 4.58. The first-order chi connectivity index (χ1) is 5.38. The van der Waals surface area contributed by atoms with E-state index in [2.05, 4.69) is 24.2 Å². The SMILES string of the molecule is CC1CCCC2C=NC=C[C@H]12. The van der Waals surface area contributed by atoms with Crippen LogP contribution in [-0.2, 0) is 0 Å². The van der Waals surface area contributed by atoms with Gasteiger partial charge in [-0.15, -0.1) is 0 Å². The standard InChI is InChI=1S/C10H15N/c1-8-3-2-4-9-7-11-6-5-10(8)9/h5-10H,2-4H2,1H3/t8?,9?,10-/m1/s1. The van der Waals surface area contributed by atoms with E-state index in [-0.39, 0.29) is 0 Å². The lowest BCUT2D eigenvalue weighted by Gasteiger charge is -2.33. The van der Waals surface area contributed by atoms with E-state index in [1.54, 1.807) is 0 Å². The summed E-state index contributed by atoms with van der Waals surface area (Å²) in [5.41, 5.74) is 0. The summed E-state index contributed by atoms with van der Waals surface area (Å²) in [6, 6.07) is 0. The minimum absolute atomic E-state index is 0.753. The molecule has 0 aromatic carbocycles. The molecule has 2 rings (SSSR count). The molecule has 3 atom stereocenters. The number of allylic oxidation sites excluding steroid dienone is 1. The maximum absolute atomic E-state index is 4.19. The quantitative estimate of drug-likeness (QED) is 0.502. The molecule has 0 spiro atoms. The molecule has 1 fully saturated rings. The first-order valence-corrected chi connectivity index (χ1v) is 4.58. The fourth-order valence-electron chi connectivity index (χ4n) is 2.30. The molecule has 0 amide bonds. The van der Waals surface area contributed by atoms with Gasteiger partial charge in [-0.25, -0.2) is 0 Å². The van der Waals surface area contributed by atoms with Gasteiger partial charge in [0.25, 0.3) is 0 Å². The maximum atomic E-state index is 4.19. The highest BCUT2D eigenvalue weighted by molar-refractivity contribution is 5.64. The lowest BCUT2D eigenvalue weighted by molar-refractivity contribution is 0.262. The number of hydrogen-bond acceptors (Lipinski definition) is 1. The number of nitrogens with zero attached hydrogens (tertiary/aromatic N) is 1. The third-order valence-corrected chi connectivity index (χ3v) is 3.02. The Morgan fingerprint density at radius 3 is 3.09 bits per heavy atom. The molecular weight excluding hydrogens is 134 g/mol. The van der Waals surface area contributed by atoms with Crippen LogP contribution in [0.2, 0.25) is 0 Å². The molecule has 60 valence electrons. The lowest BCUT2D eigenvalue weighted by atomic mass is 9.73. The van der Waals surface area contributed by atoms with Gasteiger partial charge in [0.05, 0.1) is 0 Å². The van der Waals surface area contributed by atoms with Crippen molar-refractivity contribution in [2.24, 2.45) is 22.7 Å². The van der Waals surface area contributed by atoms with E-state index in [1.165, 1.54) is 19.3 Å². The van der Waals surface area contributed by atoms with Crippen molar-refractivity contribution in [1.29, 1.82) is 0 Å². The molecule has 2 aliphatic rings. The summed E-state index contributed by atoms with van der Waals surface area (Å²) in [5.74, 6) is 2.42. The topological polar surface area (TPSA) is 12.4 Å². The van der Waals surface area contributed by atoms with Gasteiger partial charge in [-0.2, -0.15) is 0 Å². The molecule has 0 radical (unpaired) electrons. The van der Waals surface area contributed by atoms with Gasteiger partial charge in [0, 0.05) is 18.3 Å². The third-order valence-electron chi connectivity index (χ3n) is 3.02. The average Bonchev–Trinajstić information content (AvgIpc) is 2.06. The Labute approximate surface area is 68.2 Å². The van der Waals surface area contributed by atoms with Crippen LogP contribution in [0.25, 0.3) is 0 Å². The monoisotopic (exact) mass is 149 g/mol. The molecule has 1 aliphatic heterocycles. The summed E-state index contributed by atoms with van der Waals surface area (Å²) < 4.78 is 0. The van der Waals surface area contributed by atoms with Crippen molar-refractivity contribution in [3.63, 3.8) is 0 Å². The second-order valence-corrected chi connectivity index (χ2v) is 3.79. The average molecular weight is 149 g/mol. The van der Waals surface area contributed by atoms with Gasteiger partial charge in [0.1, 0.15) is 0 Å². The number of aliphatic imine (C=N–C) groups is 1. The summed E-state index contributed by atoms with van der Waals surface area (Å²) in [7, 11) is 0. The van der Waals surface area contributed by atoms with E-state index in [0.29, 0.717) is 0 Å². The molecule has 0 saturated heterocycles. The summed E-state index contributed by atoms with van der Waals surface area (Å²) in [6.07, 6.45) is 10.5. The number of hydrogen-bond donors (Lipinski definition) is 0. The zero-order valence-corrected chi connectivity index (χ0v) is 7.03. The van der Waals surface area contributed by atoms with Crippen LogP contribution in [0, 0.1) is 17.8 Å². The normalized spacial score (nSPS) is 42.1. The van der Waals surface area contributed by atoms with Crippen molar-refractivity contribution in [2.45, 2.75) is 26.2 Å². The molecule has 2 unspecified atom stereocenters. The Morgan fingerprint density at radius 2 is 2.27 bits per heavy atom. The van der Waals surface area contributed by atoms with E-state index in [9.17, 15) is 0 Å². The van der Waals surface area contributed by atoms with E-state index in [0.717, 1.165) is 17.8 Å². The summed E-state index contributed by atoms with van der Waals surface area (Å²) in [5, 5.41) is 0. The molecule has 1 saturated carbocycles. The van der Waals surface area contributed by atoms with E-state index in [4.69, 9.17) is 0 Å². The fourth-order valence-corrected chi connectivity index (χ4v) is 2.30. The Morgan fingerprint density at radius 1 is 1.36 bits per heavy atom. The van der Waals surface area contributed by atoms with Crippen LogP contribution in [0.4, 0.5) is 0 Å². The Kier molecular flexibility index (Phi) is 1.80. The molecular formula is C10H15N. The second kappa shape index (κ2) is 2.80. The minimum atomic E-state index is 0.753. The van der Waals surface area contributed by atoms with Crippen molar-refractivity contribution in [3.05, 3.63) is 12.3 Å². The summed E-state index contributed by atoms with van der Waals surface area (Å²) in [4.78, 5) is 4.19. The van der Waals surface area contributed by atoms with Crippen LogP contribution < -0.4 is 0 Å². The second-order valence-electron chi connectivity index (χ2n) is 3.79. The highest BCUT2D eigenvalue weighted by Gasteiger charge is 2.28. The molecule has 0 aromatic heterocycles. The van der Waals surface area contributed by atoms with Crippen molar-refractivity contribution in [2.75, 3.05) is 0 Å². The molecule has 0 aromatic rings. The number of fused-ring (bicyclic) bond motifs is 1. The van der Waals surface area contributed by atoms with E-state index < -0.39 is 0 Å². The summed E-state index contributed by atoms with van der Waals surface area (Å²) in [6.45, 7) is 2.36. The zero-order chi connectivity index (χ0) is 7.68. The van der Waals surface area contributed by atoms with Crippen LogP contribution in [0.3, 0.4) is 0 Å². The minimum Gasteiger partial charge on any atom is -0.269 e. The van der Waals surface area contributed by atoms with Gasteiger partial charge in [0.2, 0.25) is 0 Å². The van der Waals surface area contributed by atoms with Crippen LogP contribution in [0.15, 0.2) is 17.3 Å². The first kappa shape index (κ1) is 7.08. The maximum Gasteiger partial charge on any atom is 0.0227 e.